The molecule has 0 atom stereocenters. The molecule has 0 saturated carbocycles. The lowest BCUT2D eigenvalue weighted by Crippen LogP contribution is -2.22. The van der Waals surface area contributed by atoms with Crippen LogP contribution in [-0.2, 0) is 6.54 Å². The predicted octanol–water partition coefficient (Wildman–Crippen LogP) is 4.30. The van der Waals surface area contributed by atoms with Gasteiger partial charge in [0, 0.05) is 16.6 Å². The first-order chi connectivity index (χ1) is 10.6. The molecule has 0 aliphatic heterocycles. The standard InChI is InChI=1S/C17H15BrINO2/c1-3-5-10-22-12-6-7-13(14(18)11-12)16-9-8-15(19)17(21)20(16)4-2/h6-9,11H,4,10H2,1-2H3. The Bertz CT molecular complexity index is 803. The fraction of sp³-hybridized carbons (Fsp3) is 0.235. The lowest BCUT2D eigenvalue weighted by Gasteiger charge is -2.14. The Hall–Kier alpha value is -1.26. The largest absolute Gasteiger partial charge is 0.481 e. The number of pyridine rings is 1. The van der Waals surface area contributed by atoms with E-state index in [0.717, 1.165) is 25.0 Å². The van der Waals surface area contributed by atoms with Gasteiger partial charge < -0.3 is 9.30 Å². The highest BCUT2D eigenvalue weighted by Crippen LogP contribution is 2.31. The number of halogens is 2. The van der Waals surface area contributed by atoms with E-state index in [1.807, 2.05) is 37.3 Å². The molecule has 1 aromatic heterocycles. The molecule has 1 heterocycles. The topological polar surface area (TPSA) is 31.2 Å². The van der Waals surface area contributed by atoms with Crippen LogP contribution in [0, 0.1) is 15.4 Å². The molecule has 114 valence electrons. The number of hydrogen-bond acceptors (Lipinski definition) is 2. The maximum atomic E-state index is 12.2. The maximum absolute atomic E-state index is 12.2. The highest BCUT2D eigenvalue weighted by molar-refractivity contribution is 14.1. The molecule has 3 nitrogen and oxygen atoms in total. The molecule has 5 heteroatoms. The van der Waals surface area contributed by atoms with Crippen LogP contribution in [0.25, 0.3) is 11.3 Å². The van der Waals surface area contributed by atoms with Crippen LogP contribution in [-0.4, -0.2) is 11.2 Å². The van der Waals surface area contributed by atoms with Crippen LogP contribution in [0.2, 0.25) is 0 Å². The second kappa shape index (κ2) is 7.84. The number of nitrogens with zero attached hydrogens (tertiary/aromatic N) is 1. The lowest BCUT2D eigenvalue weighted by atomic mass is 10.1. The number of ether oxygens (including phenoxy) is 1. The summed E-state index contributed by atoms with van der Waals surface area (Å²) in [5.41, 5.74) is 1.88. The van der Waals surface area contributed by atoms with Crippen molar-refractivity contribution in [3.8, 4) is 28.8 Å². The van der Waals surface area contributed by atoms with Gasteiger partial charge in [0.1, 0.15) is 12.4 Å². The Balaban J connectivity index is 2.43. The number of aromatic nitrogens is 1. The zero-order chi connectivity index (χ0) is 16.1. The Morgan fingerprint density at radius 2 is 2.09 bits per heavy atom. The van der Waals surface area contributed by atoms with E-state index in [1.54, 1.807) is 11.5 Å². The summed E-state index contributed by atoms with van der Waals surface area (Å²) in [6.07, 6.45) is 0. The van der Waals surface area contributed by atoms with E-state index in [0.29, 0.717) is 13.2 Å². The van der Waals surface area contributed by atoms with Crippen molar-refractivity contribution in [2.24, 2.45) is 0 Å². The van der Waals surface area contributed by atoms with E-state index in [4.69, 9.17) is 4.74 Å². The van der Waals surface area contributed by atoms with Crippen LogP contribution in [0.15, 0.2) is 39.6 Å². The molecule has 0 aliphatic rings. The number of benzene rings is 1. The molecule has 1 aromatic carbocycles. The van der Waals surface area contributed by atoms with Gasteiger partial charge >= 0.3 is 0 Å². The average Bonchev–Trinajstić information content (AvgIpc) is 2.51. The summed E-state index contributed by atoms with van der Waals surface area (Å²) in [5.74, 6) is 6.40. The summed E-state index contributed by atoms with van der Waals surface area (Å²) >= 11 is 5.63. The fourth-order valence-electron chi connectivity index (χ4n) is 2.09. The van der Waals surface area contributed by atoms with Gasteiger partial charge in [0.25, 0.3) is 5.56 Å². The molecule has 0 amide bonds. The Morgan fingerprint density at radius 3 is 2.73 bits per heavy atom. The van der Waals surface area contributed by atoms with E-state index < -0.39 is 0 Å². The third-order valence-electron chi connectivity index (χ3n) is 3.15. The second-order valence-electron chi connectivity index (χ2n) is 4.47. The summed E-state index contributed by atoms with van der Waals surface area (Å²) in [5, 5.41) is 0. The SMILES string of the molecule is CC#CCOc1ccc(-c2ccc(I)c(=O)n2CC)c(Br)c1. The molecular weight excluding hydrogens is 457 g/mol. The van der Waals surface area contributed by atoms with Crippen LogP contribution >= 0.6 is 38.5 Å². The van der Waals surface area contributed by atoms with Crippen molar-refractivity contribution >= 4 is 38.5 Å². The Kier molecular flexibility index (Phi) is 6.09. The fourth-order valence-corrected chi connectivity index (χ4v) is 3.12. The summed E-state index contributed by atoms with van der Waals surface area (Å²) in [6, 6.07) is 9.55. The molecule has 0 spiro atoms. The van der Waals surface area contributed by atoms with Crippen molar-refractivity contribution in [1.82, 2.24) is 4.57 Å². The van der Waals surface area contributed by atoms with Gasteiger partial charge in [-0.3, -0.25) is 4.79 Å². The molecule has 0 aliphatic carbocycles. The van der Waals surface area contributed by atoms with Crippen molar-refractivity contribution in [3.05, 3.63) is 48.7 Å². The minimum atomic E-state index is 0.0334. The Morgan fingerprint density at radius 1 is 1.32 bits per heavy atom. The first-order valence-corrected chi connectivity index (χ1v) is 8.67. The highest BCUT2D eigenvalue weighted by atomic mass is 127. The number of hydrogen-bond donors (Lipinski definition) is 0. The predicted molar refractivity (Wildman–Crippen MR) is 101 cm³/mol. The van der Waals surface area contributed by atoms with Gasteiger partial charge in [0.15, 0.2) is 0 Å². The summed E-state index contributed by atoms with van der Waals surface area (Å²) in [6.45, 7) is 4.74. The second-order valence-corrected chi connectivity index (χ2v) is 6.49. The Labute approximate surface area is 152 Å². The van der Waals surface area contributed by atoms with Gasteiger partial charge in [-0.2, -0.15) is 0 Å². The average molecular weight is 472 g/mol. The highest BCUT2D eigenvalue weighted by Gasteiger charge is 2.11. The zero-order valence-electron chi connectivity index (χ0n) is 12.3. The third kappa shape index (κ3) is 3.73. The molecule has 0 N–H and O–H groups in total. The summed E-state index contributed by atoms with van der Waals surface area (Å²) < 4.78 is 8.92. The van der Waals surface area contributed by atoms with E-state index in [1.165, 1.54) is 0 Å². The minimum Gasteiger partial charge on any atom is -0.481 e. The normalized spacial score (nSPS) is 10.0. The van der Waals surface area contributed by atoms with Gasteiger partial charge in [0.05, 0.1) is 9.26 Å². The van der Waals surface area contributed by atoms with Gasteiger partial charge in [-0.25, -0.2) is 0 Å². The van der Waals surface area contributed by atoms with E-state index >= 15 is 0 Å². The van der Waals surface area contributed by atoms with E-state index in [2.05, 4.69) is 50.4 Å². The smallest absolute Gasteiger partial charge is 0.264 e. The van der Waals surface area contributed by atoms with Crippen LogP contribution in [0.5, 0.6) is 5.75 Å². The molecule has 2 aromatic rings. The molecule has 22 heavy (non-hydrogen) atoms. The zero-order valence-corrected chi connectivity index (χ0v) is 16.1. The first kappa shape index (κ1) is 17.1. The van der Waals surface area contributed by atoms with Crippen molar-refractivity contribution < 1.29 is 4.74 Å². The van der Waals surface area contributed by atoms with Gasteiger partial charge in [0.2, 0.25) is 0 Å². The quantitative estimate of drug-likeness (QED) is 0.491. The maximum Gasteiger partial charge on any atom is 0.264 e. The van der Waals surface area contributed by atoms with Crippen LogP contribution < -0.4 is 10.3 Å². The summed E-state index contributed by atoms with van der Waals surface area (Å²) in [4.78, 5) is 12.2. The van der Waals surface area contributed by atoms with Crippen LogP contribution in [0.4, 0.5) is 0 Å². The molecular formula is C17H15BrINO2. The molecule has 0 unspecified atom stereocenters. The van der Waals surface area contributed by atoms with Crippen LogP contribution in [0.1, 0.15) is 13.8 Å². The molecule has 0 fully saturated rings. The van der Waals surface area contributed by atoms with E-state index in [-0.39, 0.29) is 5.56 Å². The molecule has 0 bridgehead atoms. The molecule has 0 radical (unpaired) electrons. The monoisotopic (exact) mass is 471 g/mol. The number of rotatable bonds is 4. The first-order valence-electron chi connectivity index (χ1n) is 6.80. The van der Waals surface area contributed by atoms with Gasteiger partial charge in [-0.05, 0) is 82.7 Å². The van der Waals surface area contributed by atoms with Crippen molar-refractivity contribution in [3.63, 3.8) is 0 Å². The van der Waals surface area contributed by atoms with Crippen molar-refractivity contribution in [2.75, 3.05) is 6.61 Å². The minimum absolute atomic E-state index is 0.0334. The lowest BCUT2D eigenvalue weighted by molar-refractivity contribution is 0.370. The summed E-state index contributed by atoms with van der Waals surface area (Å²) in [7, 11) is 0. The molecule has 2 rings (SSSR count). The molecule has 0 saturated heterocycles. The van der Waals surface area contributed by atoms with Crippen molar-refractivity contribution in [2.45, 2.75) is 20.4 Å². The van der Waals surface area contributed by atoms with Gasteiger partial charge in [-0.1, -0.05) is 5.92 Å². The van der Waals surface area contributed by atoms with Crippen LogP contribution in [0.3, 0.4) is 0 Å². The third-order valence-corrected chi connectivity index (χ3v) is 4.63. The van der Waals surface area contributed by atoms with Gasteiger partial charge in [-0.15, -0.1) is 5.92 Å². The van der Waals surface area contributed by atoms with Crippen molar-refractivity contribution in [1.29, 1.82) is 0 Å². The van der Waals surface area contributed by atoms with E-state index in [9.17, 15) is 4.79 Å².